The summed E-state index contributed by atoms with van der Waals surface area (Å²) in [5.41, 5.74) is 0. The molecular formula is C3H2KN. The van der Waals surface area contributed by atoms with Crippen molar-refractivity contribution in [1.29, 1.82) is 5.26 Å². The first-order valence-electron chi connectivity index (χ1n) is 0.846. The van der Waals surface area contributed by atoms with Crippen LogP contribution in [0.15, 0.2) is 6.08 Å². The van der Waals surface area contributed by atoms with E-state index in [1.807, 2.05) is 0 Å². The molecule has 0 aromatic rings. The van der Waals surface area contributed by atoms with Crippen molar-refractivity contribution in [2.24, 2.45) is 0 Å². The summed E-state index contributed by atoms with van der Waals surface area (Å²) in [5.74, 6) is 0. The summed E-state index contributed by atoms with van der Waals surface area (Å²) in [6.45, 7) is 4.54. The first-order chi connectivity index (χ1) is 1.91. The van der Waals surface area contributed by atoms with E-state index in [2.05, 4.69) is 6.58 Å². The van der Waals surface area contributed by atoms with E-state index in [0.29, 0.717) is 0 Å². The van der Waals surface area contributed by atoms with Gasteiger partial charge in [0.25, 0.3) is 0 Å². The SMILES string of the molecule is [CH-]=CC#N.[K+]. The third-order valence-corrected chi connectivity index (χ3v) is 0.0745. The molecule has 0 radical (unpaired) electrons. The molecule has 0 fully saturated rings. The van der Waals surface area contributed by atoms with Gasteiger partial charge in [-0.25, -0.2) is 0 Å². The summed E-state index contributed by atoms with van der Waals surface area (Å²) in [6, 6.07) is 1.58. The fourth-order valence-corrected chi connectivity index (χ4v) is 0. The number of nitriles is 1. The molecule has 0 aliphatic heterocycles. The Kier molecular flexibility index (Phi) is 16.5. The van der Waals surface area contributed by atoms with E-state index in [4.69, 9.17) is 5.26 Å². The fraction of sp³-hybridized carbons (Fsp3) is 0. The largest absolute Gasteiger partial charge is 1.00 e. The predicted molar refractivity (Wildman–Crippen MR) is 14.5 cm³/mol. The standard InChI is InChI=1S/C3H2N.K/c1-2-3-4;/h1-2H;/q-1;+1. The summed E-state index contributed by atoms with van der Waals surface area (Å²) >= 11 is 0. The average molecular weight is 91.2 g/mol. The quantitative estimate of drug-likeness (QED) is 0.184. The summed E-state index contributed by atoms with van der Waals surface area (Å²) < 4.78 is 0. The number of nitrogens with zero attached hydrogens (tertiary/aromatic N) is 1. The van der Waals surface area contributed by atoms with Gasteiger partial charge < -0.3 is 5.26 Å². The van der Waals surface area contributed by atoms with E-state index in [9.17, 15) is 0 Å². The predicted octanol–water partition coefficient (Wildman–Crippen LogP) is -2.50. The Morgan fingerprint density at radius 3 is 2.00 bits per heavy atom. The minimum Gasteiger partial charge on any atom is -0.329 e. The Labute approximate surface area is 74.1 Å². The van der Waals surface area contributed by atoms with Crippen molar-refractivity contribution in [2.75, 3.05) is 0 Å². The molecule has 0 amide bonds. The molecule has 0 spiro atoms. The Bertz CT molecular complexity index is 52.4. The zero-order valence-electron chi connectivity index (χ0n) is 3.10. The van der Waals surface area contributed by atoms with Crippen LogP contribution in [0.25, 0.3) is 0 Å². The maximum Gasteiger partial charge on any atom is 1.00 e. The Hall–Kier alpha value is 0.866. The van der Waals surface area contributed by atoms with Gasteiger partial charge in [0, 0.05) is 0 Å². The fourth-order valence-electron chi connectivity index (χ4n) is 0. The summed E-state index contributed by atoms with van der Waals surface area (Å²) in [6.07, 6.45) is 0.931. The molecule has 0 unspecified atom stereocenters. The number of hydrogen-bond acceptors (Lipinski definition) is 1. The third kappa shape index (κ3) is 11.5. The molecule has 0 aliphatic carbocycles. The van der Waals surface area contributed by atoms with Crippen LogP contribution >= 0.6 is 0 Å². The third-order valence-electron chi connectivity index (χ3n) is 0.0745. The molecule has 20 valence electrons. The monoisotopic (exact) mass is 91.0 g/mol. The van der Waals surface area contributed by atoms with Crippen LogP contribution in [0.2, 0.25) is 0 Å². The van der Waals surface area contributed by atoms with Crippen molar-refractivity contribution < 1.29 is 51.4 Å². The maximum absolute atomic E-state index is 7.44. The van der Waals surface area contributed by atoms with E-state index in [-0.39, 0.29) is 51.4 Å². The average Bonchev–Trinajstić information content (AvgIpc) is 1.37. The number of allylic oxidation sites excluding steroid dienone is 1. The second-order valence-electron chi connectivity index (χ2n) is 0.296. The summed E-state index contributed by atoms with van der Waals surface area (Å²) in [4.78, 5) is 0. The molecule has 0 saturated heterocycles. The van der Waals surface area contributed by atoms with Gasteiger partial charge in [0.1, 0.15) is 0 Å². The van der Waals surface area contributed by atoms with Gasteiger partial charge in [0.05, 0.1) is 0 Å². The molecule has 0 atom stereocenters. The van der Waals surface area contributed by atoms with Gasteiger partial charge in [-0.2, -0.15) is 6.08 Å². The number of rotatable bonds is 0. The van der Waals surface area contributed by atoms with E-state index >= 15 is 0 Å². The molecule has 0 saturated carbocycles. The van der Waals surface area contributed by atoms with Crippen molar-refractivity contribution in [3.8, 4) is 6.07 Å². The van der Waals surface area contributed by atoms with Crippen molar-refractivity contribution in [3.63, 3.8) is 0 Å². The molecule has 0 aliphatic rings. The first-order valence-corrected chi connectivity index (χ1v) is 0.846. The molecule has 5 heavy (non-hydrogen) atoms. The van der Waals surface area contributed by atoms with Gasteiger partial charge in [0.2, 0.25) is 0 Å². The van der Waals surface area contributed by atoms with Crippen LogP contribution in [-0.4, -0.2) is 0 Å². The van der Waals surface area contributed by atoms with Crippen molar-refractivity contribution >= 4 is 0 Å². The van der Waals surface area contributed by atoms with Crippen LogP contribution in [0.4, 0.5) is 0 Å². The molecule has 0 bridgehead atoms. The van der Waals surface area contributed by atoms with E-state index in [1.165, 1.54) is 0 Å². The van der Waals surface area contributed by atoms with Crippen molar-refractivity contribution in [1.82, 2.24) is 0 Å². The molecule has 1 nitrogen and oxygen atoms in total. The van der Waals surface area contributed by atoms with Gasteiger partial charge in [-0.15, -0.1) is 6.07 Å². The normalized spacial score (nSPS) is 3.00. The summed E-state index contributed by atoms with van der Waals surface area (Å²) in [5, 5.41) is 7.44. The van der Waals surface area contributed by atoms with Crippen LogP contribution in [0.3, 0.4) is 0 Å². The van der Waals surface area contributed by atoms with Crippen LogP contribution in [0.5, 0.6) is 0 Å². The minimum absolute atomic E-state index is 0. The Balaban J connectivity index is 0. The van der Waals surface area contributed by atoms with Gasteiger partial charge in [-0.1, -0.05) is 0 Å². The zero-order chi connectivity index (χ0) is 3.41. The van der Waals surface area contributed by atoms with E-state index in [0.717, 1.165) is 6.08 Å². The summed E-state index contributed by atoms with van der Waals surface area (Å²) in [7, 11) is 0. The minimum atomic E-state index is 0. The van der Waals surface area contributed by atoms with Gasteiger partial charge >= 0.3 is 51.4 Å². The second kappa shape index (κ2) is 8.85. The van der Waals surface area contributed by atoms with Crippen LogP contribution in [0.1, 0.15) is 0 Å². The van der Waals surface area contributed by atoms with Crippen LogP contribution in [-0.2, 0) is 0 Å². The van der Waals surface area contributed by atoms with E-state index < -0.39 is 0 Å². The maximum atomic E-state index is 7.44. The van der Waals surface area contributed by atoms with Crippen molar-refractivity contribution in [3.05, 3.63) is 12.7 Å². The molecular weight excluding hydrogens is 89.1 g/mol. The van der Waals surface area contributed by atoms with Crippen LogP contribution < -0.4 is 51.4 Å². The molecule has 0 aromatic carbocycles. The van der Waals surface area contributed by atoms with E-state index in [1.54, 1.807) is 6.07 Å². The van der Waals surface area contributed by atoms with Gasteiger partial charge in [-0.05, 0) is 0 Å². The molecule has 0 rings (SSSR count). The number of hydrogen-bond donors (Lipinski definition) is 0. The topological polar surface area (TPSA) is 23.8 Å². The Morgan fingerprint density at radius 2 is 2.00 bits per heavy atom. The first kappa shape index (κ1) is 9.29. The molecule has 0 aromatic heterocycles. The zero-order valence-corrected chi connectivity index (χ0v) is 6.23. The van der Waals surface area contributed by atoms with Crippen molar-refractivity contribution in [2.45, 2.75) is 0 Å². The Morgan fingerprint density at radius 1 is 1.80 bits per heavy atom. The van der Waals surface area contributed by atoms with Crippen LogP contribution in [0, 0.1) is 17.9 Å². The smallest absolute Gasteiger partial charge is 0.329 e. The van der Waals surface area contributed by atoms with Gasteiger partial charge in [-0.3, -0.25) is 6.58 Å². The molecule has 0 heterocycles. The molecule has 0 N–H and O–H groups in total. The molecule has 2 heteroatoms. The van der Waals surface area contributed by atoms with Gasteiger partial charge in [0.15, 0.2) is 0 Å². The second-order valence-corrected chi connectivity index (χ2v) is 0.296.